The second-order valence-corrected chi connectivity index (χ2v) is 17.2. The smallest absolute Gasteiger partial charge is 0.308 e. The molecule has 4 atom stereocenters. The van der Waals surface area contributed by atoms with E-state index in [-0.39, 0.29) is 30.4 Å². The van der Waals surface area contributed by atoms with E-state index in [1.807, 2.05) is 0 Å². The third-order valence-corrected chi connectivity index (χ3v) is 12.3. The highest BCUT2D eigenvalue weighted by Crippen LogP contribution is 2.42. The molecule has 0 aliphatic heterocycles. The van der Waals surface area contributed by atoms with Crippen LogP contribution in [0.2, 0.25) is 0 Å². The molecule has 0 amide bonds. The molecule has 0 radical (unpaired) electrons. The van der Waals surface area contributed by atoms with E-state index < -0.39 is 0 Å². The Hall–Kier alpha value is -1.14. The van der Waals surface area contributed by atoms with E-state index in [0.29, 0.717) is 13.2 Å². The lowest BCUT2D eigenvalue weighted by atomic mass is 9.87. The summed E-state index contributed by atoms with van der Waals surface area (Å²) in [4.78, 5) is 28.5. The quantitative estimate of drug-likeness (QED) is 0.0495. The Labute approximate surface area is 336 Å². The fraction of sp³-hybridized carbons (Fsp3) is 0.958. The summed E-state index contributed by atoms with van der Waals surface area (Å²) in [5.41, 5.74) is 0. The van der Waals surface area contributed by atoms with Crippen molar-refractivity contribution < 1.29 is 24.2 Å². The molecule has 0 aromatic rings. The summed E-state index contributed by atoms with van der Waals surface area (Å²) < 4.78 is 11.7. The molecule has 6 nitrogen and oxygen atoms in total. The number of hydrogen-bond acceptors (Lipinski definition) is 6. The van der Waals surface area contributed by atoms with Crippen molar-refractivity contribution >= 4 is 11.9 Å². The van der Waals surface area contributed by atoms with Gasteiger partial charge >= 0.3 is 11.9 Å². The van der Waals surface area contributed by atoms with Crippen LogP contribution in [0, 0.1) is 23.7 Å². The van der Waals surface area contributed by atoms with E-state index in [0.717, 1.165) is 115 Å². The van der Waals surface area contributed by atoms with Crippen molar-refractivity contribution in [3.63, 3.8) is 0 Å². The van der Waals surface area contributed by atoms with Gasteiger partial charge < -0.3 is 19.5 Å². The minimum Gasteiger partial charge on any atom is -0.465 e. The third kappa shape index (κ3) is 27.5. The van der Waals surface area contributed by atoms with Crippen molar-refractivity contribution in [1.82, 2.24) is 4.90 Å². The molecule has 0 bridgehead atoms. The predicted molar refractivity (Wildman–Crippen MR) is 230 cm³/mol. The van der Waals surface area contributed by atoms with Crippen molar-refractivity contribution in [2.45, 2.75) is 233 Å². The average Bonchev–Trinajstić information content (AvgIpc) is 3.59. The van der Waals surface area contributed by atoms with Gasteiger partial charge in [0, 0.05) is 6.61 Å². The molecule has 54 heavy (non-hydrogen) atoms. The van der Waals surface area contributed by atoms with Gasteiger partial charge in [-0.2, -0.15) is 0 Å². The highest BCUT2D eigenvalue weighted by molar-refractivity contribution is 5.73. The first-order chi connectivity index (χ1) is 26.5. The minimum atomic E-state index is 0.0553. The normalized spacial score (nSPS) is 17.7. The van der Waals surface area contributed by atoms with Crippen LogP contribution in [0.15, 0.2) is 0 Å². The lowest BCUT2D eigenvalue weighted by Gasteiger charge is -2.22. The van der Waals surface area contributed by atoms with Gasteiger partial charge in [-0.25, -0.2) is 0 Å². The zero-order chi connectivity index (χ0) is 39.3. The number of nitrogens with zero attached hydrogens (tertiary/aromatic N) is 1. The van der Waals surface area contributed by atoms with Crippen LogP contribution in [-0.2, 0) is 19.1 Å². The van der Waals surface area contributed by atoms with Gasteiger partial charge in [-0.15, -0.1) is 0 Å². The molecular weight excluding hydrogens is 671 g/mol. The zero-order valence-corrected chi connectivity index (χ0v) is 36.7. The first-order valence-electron chi connectivity index (χ1n) is 24.2. The Morgan fingerprint density at radius 2 is 0.944 bits per heavy atom. The van der Waals surface area contributed by atoms with Gasteiger partial charge in [-0.05, 0) is 95.7 Å². The Morgan fingerprint density at radius 3 is 1.50 bits per heavy atom. The standard InChI is InChI=1S/C48H93NO5/c1-5-9-13-16-17-24-33-43(32-22-14-10-6-2)47(51)53-39-29-20-18-25-35-49(37-27-28-38-50)36-26-19-21-30-40-54-48(52)46-41-44(31-12-8-4)45(42-46)34-23-15-11-7-3/h43-46,50H,5-42H2,1-4H3. The summed E-state index contributed by atoms with van der Waals surface area (Å²) in [6.07, 6.45) is 37.7. The molecule has 0 aromatic heterocycles. The number of aliphatic hydroxyl groups is 1. The van der Waals surface area contributed by atoms with Crippen molar-refractivity contribution in [2.75, 3.05) is 39.5 Å². The summed E-state index contributed by atoms with van der Waals surface area (Å²) in [6, 6.07) is 0. The number of aliphatic hydroxyl groups excluding tert-OH is 1. The molecular formula is C48H93NO5. The Morgan fingerprint density at radius 1 is 0.519 bits per heavy atom. The van der Waals surface area contributed by atoms with E-state index in [4.69, 9.17) is 9.47 Å². The van der Waals surface area contributed by atoms with Crippen LogP contribution in [0.25, 0.3) is 0 Å². The Bertz CT molecular complexity index is 808. The zero-order valence-electron chi connectivity index (χ0n) is 36.7. The van der Waals surface area contributed by atoms with Crippen LogP contribution >= 0.6 is 0 Å². The second-order valence-electron chi connectivity index (χ2n) is 17.2. The fourth-order valence-electron chi connectivity index (χ4n) is 8.73. The van der Waals surface area contributed by atoms with Crippen LogP contribution in [0.1, 0.15) is 233 Å². The van der Waals surface area contributed by atoms with E-state index in [1.165, 1.54) is 122 Å². The SMILES string of the molecule is CCCCCCCCC(CCCCCC)C(=O)OCCCCCCN(CCCCO)CCCCCCOC(=O)C1CC(CCCC)C(CCCCCC)C1. The van der Waals surface area contributed by atoms with Gasteiger partial charge in [0.2, 0.25) is 0 Å². The van der Waals surface area contributed by atoms with E-state index >= 15 is 0 Å². The maximum Gasteiger partial charge on any atom is 0.308 e. The van der Waals surface area contributed by atoms with Crippen molar-refractivity contribution in [2.24, 2.45) is 23.7 Å². The number of rotatable bonds is 40. The average molecular weight is 764 g/mol. The largest absolute Gasteiger partial charge is 0.465 e. The van der Waals surface area contributed by atoms with Gasteiger partial charge in [-0.1, -0.05) is 169 Å². The molecule has 1 saturated carbocycles. The van der Waals surface area contributed by atoms with Crippen LogP contribution in [0.3, 0.4) is 0 Å². The van der Waals surface area contributed by atoms with Crippen LogP contribution < -0.4 is 0 Å². The van der Waals surface area contributed by atoms with Crippen LogP contribution in [-0.4, -0.2) is 61.4 Å². The summed E-state index contributed by atoms with van der Waals surface area (Å²) in [7, 11) is 0. The number of esters is 2. The topological polar surface area (TPSA) is 76.1 Å². The molecule has 6 heteroatoms. The first-order valence-corrected chi connectivity index (χ1v) is 24.2. The Balaban J connectivity index is 2.27. The van der Waals surface area contributed by atoms with Crippen LogP contribution in [0.5, 0.6) is 0 Å². The minimum absolute atomic E-state index is 0.0553. The van der Waals surface area contributed by atoms with Gasteiger partial charge in [0.05, 0.1) is 25.0 Å². The van der Waals surface area contributed by atoms with Gasteiger partial charge in [0.15, 0.2) is 0 Å². The number of carbonyl (C=O) groups is 2. The molecule has 1 fully saturated rings. The Kier molecular flexibility index (Phi) is 35.3. The molecule has 0 aromatic carbocycles. The molecule has 4 unspecified atom stereocenters. The number of carbonyl (C=O) groups excluding carboxylic acids is 2. The number of hydrogen-bond donors (Lipinski definition) is 1. The van der Waals surface area contributed by atoms with Gasteiger partial charge in [0.1, 0.15) is 0 Å². The maximum absolute atomic E-state index is 13.0. The monoisotopic (exact) mass is 764 g/mol. The molecule has 1 rings (SSSR count). The summed E-state index contributed by atoms with van der Waals surface area (Å²) in [6.45, 7) is 13.7. The lowest BCUT2D eigenvalue weighted by molar-refractivity contribution is -0.149. The second kappa shape index (κ2) is 37.4. The van der Waals surface area contributed by atoms with Gasteiger partial charge in [-0.3, -0.25) is 9.59 Å². The van der Waals surface area contributed by atoms with E-state index in [1.54, 1.807) is 0 Å². The predicted octanol–water partition coefficient (Wildman–Crippen LogP) is 13.4. The summed E-state index contributed by atoms with van der Waals surface area (Å²) in [5.74, 6) is 1.79. The first kappa shape index (κ1) is 50.9. The van der Waals surface area contributed by atoms with Crippen LogP contribution in [0.4, 0.5) is 0 Å². The molecule has 0 saturated heterocycles. The summed E-state index contributed by atoms with van der Waals surface area (Å²) in [5, 5.41) is 9.32. The fourth-order valence-corrected chi connectivity index (χ4v) is 8.73. The molecule has 1 N–H and O–H groups in total. The summed E-state index contributed by atoms with van der Waals surface area (Å²) >= 11 is 0. The number of ether oxygens (including phenoxy) is 2. The van der Waals surface area contributed by atoms with Crippen molar-refractivity contribution in [3.8, 4) is 0 Å². The molecule has 320 valence electrons. The molecule has 0 spiro atoms. The van der Waals surface area contributed by atoms with E-state index in [9.17, 15) is 14.7 Å². The van der Waals surface area contributed by atoms with Crippen molar-refractivity contribution in [1.29, 1.82) is 0 Å². The maximum atomic E-state index is 13.0. The highest BCUT2D eigenvalue weighted by Gasteiger charge is 2.37. The molecule has 1 aliphatic carbocycles. The van der Waals surface area contributed by atoms with E-state index in [2.05, 4.69) is 32.6 Å². The molecule has 1 aliphatic rings. The van der Waals surface area contributed by atoms with Crippen molar-refractivity contribution in [3.05, 3.63) is 0 Å². The van der Waals surface area contributed by atoms with Gasteiger partial charge in [0.25, 0.3) is 0 Å². The molecule has 0 heterocycles. The highest BCUT2D eigenvalue weighted by atomic mass is 16.5. The lowest BCUT2D eigenvalue weighted by Crippen LogP contribution is -2.27. The third-order valence-electron chi connectivity index (χ3n) is 12.3. The number of unbranched alkanes of at least 4 members (excludes halogenated alkanes) is 19.